The molecule has 0 radical (unpaired) electrons. The van der Waals surface area contributed by atoms with Crippen LogP contribution in [0.4, 0.5) is 5.69 Å². The Bertz CT molecular complexity index is 1540. The topological polar surface area (TPSA) is 87.4 Å². The molecule has 0 saturated heterocycles. The van der Waals surface area contributed by atoms with E-state index in [1.807, 2.05) is 44.2 Å². The molecule has 4 aromatic rings. The fourth-order valence-electron chi connectivity index (χ4n) is 4.26. The first kappa shape index (κ1) is 22.4. The van der Waals surface area contributed by atoms with E-state index in [1.165, 1.54) is 9.75 Å². The van der Waals surface area contributed by atoms with E-state index >= 15 is 0 Å². The number of rotatable bonds is 3. The Morgan fingerprint density at radius 3 is 2.47 bits per heavy atom. The Kier molecular flexibility index (Phi) is 5.79. The molecule has 0 saturated carbocycles. The molecule has 0 fully saturated rings. The number of para-hydroxylation sites is 1. The summed E-state index contributed by atoms with van der Waals surface area (Å²) in [6, 6.07) is 17.5. The van der Waals surface area contributed by atoms with Crippen LogP contribution in [0.25, 0.3) is 5.69 Å². The van der Waals surface area contributed by atoms with E-state index in [0.29, 0.717) is 17.8 Å². The maximum absolute atomic E-state index is 13.0. The van der Waals surface area contributed by atoms with Crippen molar-refractivity contribution in [3.8, 4) is 11.6 Å². The number of hydrogen-bond donors (Lipinski definition) is 2. The Morgan fingerprint density at radius 1 is 1.03 bits per heavy atom. The van der Waals surface area contributed by atoms with E-state index in [9.17, 15) is 14.7 Å². The van der Waals surface area contributed by atoms with Crippen molar-refractivity contribution in [2.45, 2.75) is 37.3 Å². The summed E-state index contributed by atoms with van der Waals surface area (Å²) < 4.78 is 1.15. The lowest BCUT2D eigenvalue weighted by Gasteiger charge is -2.16. The van der Waals surface area contributed by atoms with Gasteiger partial charge in [-0.05, 0) is 68.3 Å². The number of aromatic amines is 1. The number of fused-ring (bicyclic) bond motifs is 1. The number of hydrogen-bond acceptors (Lipinski definition) is 6. The second kappa shape index (κ2) is 8.77. The number of aryl methyl sites for hydroxylation is 3. The first-order valence-electron chi connectivity index (χ1n) is 10.9. The largest absolute Gasteiger partial charge is 0.493 e. The molecular weight excluding hydrogens is 466 g/mol. The minimum Gasteiger partial charge on any atom is -0.493 e. The predicted molar refractivity (Wildman–Crippen MR) is 139 cm³/mol. The Hall–Kier alpha value is -3.36. The Balaban J connectivity index is 1.72. The Labute approximate surface area is 204 Å². The zero-order valence-electron chi connectivity index (χ0n) is 19.0. The number of aromatic hydroxyl groups is 1. The van der Waals surface area contributed by atoms with Gasteiger partial charge in [0.1, 0.15) is 5.56 Å². The van der Waals surface area contributed by atoms with Crippen LogP contribution in [0.3, 0.4) is 0 Å². The number of aliphatic imine (C=N–C) groups is 1. The smallest absolute Gasteiger partial charge is 0.335 e. The molecule has 1 atom stereocenters. The van der Waals surface area contributed by atoms with E-state index in [4.69, 9.17) is 4.99 Å². The van der Waals surface area contributed by atoms with E-state index in [-0.39, 0.29) is 10.8 Å². The van der Waals surface area contributed by atoms with Gasteiger partial charge in [-0.1, -0.05) is 18.2 Å². The lowest BCUT2D eigenvalue weighted by atomic mass is 10.1. The minimum atomic E-state index is -0.689. The van der Waals surface area contributed by atoms with Crippen LogP contribution in [0.1, 0.15) is 38.1 Å². The monoisotopic (exact) mass is 489 g/mol. The second-order valence-corrected chi connectivity index (χ2v) is 11.0. The summed E-state index contributed by atoms with van der Waals surface area (Å²) in [4.78, 5) is 36.4. The molecule has 1 unspecified atom stereocenters. The first-order chi connectivity index (χ1) is 16.3. The summed E-state index contributed by atoms with van der Waals surface area (Å²) >= 11 is 3.41. The van der Waals surface area contributed by atoms with Gasteiger partial charge in [0, 0.05) is 26.3 Å². The van der Waals surface area contributed by atoms with E-state index in [1.54, 1.807) is 35.2 Å². The number of aromatic nitrogens is 2. The van der Waals surface area contributed by atoms with Crippen molar-refractivity contribution in [1.82, 2.24) is 9.55 Å². The zero-order valence-corrected chi connectivity index (χ0v) is 20.6. The third kappa shape index (κ3) is 4.15. The molecule has 8 heteroatoms. The van der Waals surface area contributed by atoms with Gasteiger partial charge in [-0.25, -0.2) is 9.36 Å². The van der Waals surface area contributed by atoms with E-state index in [2.05, 4.69) is 24.0 Å². The molecule has 0 bridgehead atoms. The van der Waals surface area contributed by atoms with Crippen LogP contribution in [-0.2, 0) is 0 Å². The molecule has 2 aromatic carbocycles. The third-order valence-corrected chi connectivity index (χ3v) is 8.25. The molecule has 34 heavy (non-hydrogen) atoms. The molecule has 2 aromatic heterocycles. The fourth-order valence-corrected chi connectivity index (χ4v) is 6.54. The van der Waals surface area contributed by atoms with Crippen molar-refractivity contribution in [2.24, 2.45) is 4.99 Å². The van der Waals surface area contributed by atoms with Gasteiger partial charge < -0.3 is 5.11 Å². The van der Waals surface area contributed by atoms with Crippen molar-refractivity contribution in [3.05, 3.63) is 102 Å². The molecule has 172 valence electrons. The number of thiophene rings is 1. The van der Waals surface area contributed by atoms with Crippen LogP contribution in [0.5, 0.6) is 5.88 Å². The molecule has 1 aliphatic rings. The van der Waals surface area contributed by atoms with Gasteiger partial charge in [0.15, 0.2) is 0 Å². The SMILES string of the molecule is Cc1cc(C)cc(-n2c(O)c(C3=Nc4ccccc4SC(c4ccc(C)s4)C3)c(=O)[nH]c2=O)c1. The molecule has 1 aliphatic heterocycles. The molecule has 0 amide bonds. The standard InChI is InChI=1S/C26H23N3O3S2/c1-14-10-15(2)12-17(11-14)29-25(31)23(24(30)28-26(29)32)19-13-22(21-9-8-16(3)33-21)34-20-7-5-4-6-18(20)27-19/h4-12,22,31H,13H2,1-3H3,(H,28,30,32). The summed E-state index contributed by atoms with van der Waals surface area (Å²) in [5, 5.41) is 11.3. The van der Waals surface area contributed by atoms with Crippen molar-refractivity contribution < 1.29 is 5.11 Å². The Morgan fingerprint density at radius 2 is 1.76 bits per heavy atom. The predicted octanol–water partition coefficient (Wildman–Crippen LogP) is 5.58. The average Bonchev–Trinajstić information content (AvgIpc) is 3.10. The summed E-state index contributed by atoms with van der Waals surface area (Å²) in [6.45, 7) is 5.90. The highest BCUT2D eigenvalue weighted by Gasteiger charge is 2.28. The highest BCUT2D eigenvalue weighted by atomic mass is 32.2. The zero-order chi connectivity index (χ0) is 24.0. The lowest BCUT2D eigenvalue weighted by Crippen LogP contribution is -2.33. The van der Waals surface area contributed by atoms with Crippen LogP contribution >= 0.6 is 23.1 Å². The second-order valence-electron chi connectivity index (χ2n) is 8.42. The van der Waals surface area contributed by atoms with Crippen molar-refractivity contribution >= 4 is 34.5 Å². The van der Waals surface area contributed by atoms with Crippen molar-refractivity contribution in [2.75, 3.05) is 0 Å². The number of thioether (sulfide) groups is 1. The number of nitrogens with one attached hydrogen (secondary N) is 1. The average molecular weight is 490 g/mol. The highest BCUT2D eigenvalue weighted by Crippen LogP contribution is 2.47. The summed E-state index contributed by atoms with van der Waals surface area (Å²) in [5.74, 6) is -0.400. The highest BCUT2D eigenvalue weighted by molar-refractivity contribution is 7.99. The minimum absolute atomic E-state index is 0.0153. The van der Waals surface area contributed by atoms with Crippen LogP contribution in [-0.4, -0.2) is 20.4 Å². The third-order valence-electron chi connectivity index (χ3n) is 5.69. The molecule has 3 heterocycles. The molecular formula is C26H23N3O3S2. The maximum Gasteiger partial charge on any atom is 0.335 e. The maximum atomic E-state index is 13.0. The lowest BCUT2D eigenvalue weighted by molar-refractivity contribution is 0.429. The van der Waals surface area contributed by atoms with Gasteiger partial charge in [0.25, 0.3) is 5.56 Å². The van der Waals surface area contributed by atoms with Gasteiger partial charge in [0.05, 0.1) is 17.1 Å². The van der Waals surface area contributed by atoms with Crippen LogP contribution in [0.15, 0.2) is 74.1 Å². The summed E-state index contributed by atoms with van der Waals surface area (Å²) in [7, 11) is 0. The summed E-state index contributed by atoms with van der Waals surface area (Å²) in [5.41, 5.74) is 2.25. The van der Waals surface area contributed by atoms with Crippen LogP contribution in [0, 0.1) is 20.8 Å². The van der Waals surface area contributed by atoms with Gasteiger partial charge in [-0.2, -0.15) is 0 Å². The quantitative estimate of drug-likeness (QED) is 0.393. The van der Waals surface area contributed by atoms with Crippen LogP contribution in [0.2, 0.25) is 0 Å². The molecule has 0 aliphatic carbocycles. The van der Waals surface area contributed by atoms with E-state index in [0.717, 1.165) is 26.3 Å². The molecule has 0 spiro atoms. The first-order valence-corrected chi connectivity index (χ1v) is 12.6. The fraction of sp³-hybridized carbons (Fsp3) is 0.192. The molecule has 5 rings (SSSR count). The van der Waals surface area contributed by atoms with Crippen molar-refractivity contribution in [1.29, 1.82) is 0 Å². The van der Waals surface area contributed by atoms with Gasteiger partial charge in [0.2, 0.25) is 5.88 Å². The van der Waals surface area contributed by atoms with Crippen molar-refractivity contribution in [3.63, 3.8) is 0 Å². The van der Waals surface area contributed by atoms with Gasteiger partial charge in [-0.15, -0.1) is 23.1 Å². The number of nitrogens with zero attached hydrogens (tertiary/aromatic N) is 2. The van der Waals surface area contributed by atoms with Gasteiger partial charge >= 0.3 is 5.69 Å². The van der Waals surface area contributed by atoms with Gasteiger partial charge in [-0.3, -0.25) is 14.8 Å². The molecule has 6 nitrogen and oxygen atoms in total. The number of H-pyrrole nitrogens is 1. The summed E-state index contributed by atoms with van der Waals surface area (Å²) in [6.07, 6.45) is 0.432. The van der Waals surface area contributed by atoms with E-state index < -0.39 is 17.1 Å². The number of benzene rings is 2. The van der Waals surface area contributed by atoms with Crippen LogP contribution < -0.4 is 11.2 Å². The normalized spacial score (nSPS) is 15.5. The molecule has 2 N–H and O–H groups in total.